The molecule has 0 saturated carbocycles. The van der Waals surface area contributed by atoms with E-state index in [1.165, 1.54) is 18.4 Å². The Morgan fingerprint density at radius 3 is 2.85 bits per heavy atom. The number of hydrogen-bond acceptors (Lipinski definition) is 7. The summed E-state index contributed by atoms with van der Waals surface area (Å²) in [7, 11) is 1.38. The molecule has 27 heavy (non-hydrogen) atoms. The average Bonchev–Trinajstić information content (AvgIpc) is 3.04. The molecule has 2 aromatic rings. The highest BCUT2D eigenvalue weighted by Crippen LogP contribution is 2.37. The first-order valence-electron chi connectivity index (χ1n) is 8.62. The molecule has 8 heteroatoms. The summed E-state index contributed by atoms with van der Waals surface area (Å²) in [6, 6.07) is 8.57. The van der Waals surface area contributed by atoms with Gasteiger partial charge in [0.25, 0.3) is 0 Å². The van der Waals surface area contributed by atoms with Gasteiger partial charge in [0.1, 0.15) is 6.04 Å². The number of carbonyl (C=O) groups is 2. The molecule has 144 valence electrons. The molecule has 1 aliphatic heterocycles. The Bertz CT molecular complexity index is 839. The van der Waals surface area contributed by atoms with Crippen molar-refractivity contribution in [1.82, 2.24) is 4.90 Å². The van der Waals surface area contributed by atoms with E-state index in [0.29, 0.717) is 23.2 Å². The molecule has 6 nitrogen and oxygen atoms in total. The minimum absolute atomic E-state index is 0.186. The van der Waals surface area contributed by atoms with Gasteiger partial charge >= 0.3 is 11.9 Å². The zero-order valence-electron chi connectivity index (χ0n) is 14.9. The van der Waals surface area contributed by atoms with E-state index in [1.807, 2.05) is 29.2 Å². The van der Waals surface area contributed by atoms with Gasteiger partial charge in [-0.15, -0.1) is 11.3 Å². The summed E-state index contributed by atoms with van der Waals surface area (Å²) in [4.78, 5) is 27.4. The lowest BCUT2D eigenvalue weighted by Crippen LogP contribution is -2.38. The van der Waals surface area contributed by atoms with E-state index >= 15 is 0 Å². The third-order valence-corrected chi connectivity index (χ3v) is 5.89. The fraction of sp³-hybridized carbons (Fsp3) is 0.368. The maximum atomic E-state index is 12.5. The van der Waals surface area contributed by atoms with Crippen LogP contribution >= 0.6 is 22.9 Å². The molecule has 0 spiro atoms. The van der Waals surface area contributed by atoms with Crippen LogP contribution < -0.4 is 10.5 Å². The van der Waals surface area contributed by atoms with Crippen molar-refractivity contribution in [2.75, 3.05) is 20.2 Å². The van der Waals surface area contributed by atoms with Crippen molar-refractivity contribution in [2.24, 2.45) is 5.73 Å². The number of nitrogens with two attached hydrogens (primary N) is 1. The van der Waals surface area contributed by atoms with Crippen molar-refractivity contribution in [2.45, 2.75) is 25.4 Å². The third kappa shape index (κ3) is 4.50. The highest BCUT2D eigenvalue weighted by molar-refractivity contribution is 7.14. The van der Waals surface area contributed by atoms with E-state index < -0.39 is 6.04 Å². The molecule has 2 heterocycles. The van der Waals surface area contributed by atoms with Gasteiger partial charge in [-0.1, -0.05) is 29.8 Å². The smallest absolute Gasteiger partial charge is 0.327 e. The van der Waals surface area contributed by atoms with Gasteiger partial charge in [-0.25, -0.2) is 4.79 Å². The first-order valence-corrected chi connectivity index (χ1v) is 9.81. The Hall–Kier alpha value is -1.93. The van der Waals surface area contributed by atoms with E-state index in [9.17, 15) is 9.59 Å². The second-order valence-corrected chi connectivity index (χ2v) is 7.70. The van der Waals surface area contributed by atoms with Gasteiger partial charge in [0.15, 0.2) is 5.06 Å². The average molecular weight is 409 g/mol. The number of rotatable bonds is 6. The number of thiophene rings is 1. The summed E-state index contributed by atoms with van der Waals surface area (Å²) in [6.45, 7) is 1.48. The van der Waals surface area contributed by atoms with E-state index in [0.717, 1.165) is 22.4 Å². The van der Waals surface area contributed by atoms with Crippen LogP contribution in [-0.4, -0.2) is 37.0 Å². The van der Waals surface area contributed by atoms with E-state index in [4.69, 9.17) is 26.8 Å². The van der Waals surface area contributed by atoms with E-state index in [2.05, 4.69) is 0 Å². The van der Waals surface area contributed by atoms with Crippen molar-refractivity contribution in [3.63, 3.8) is 0 Å². The monoisotopic (exact) mass is 408 g/mol. The highest BCUT2D eigenvalue weighted by Gasteiger charge is 2.33. The van der Waals surface area contributed by atoms with Gasteiger partial charge in [-0.3, -0.25) is 9.69 Å². The Kier molecular flexibility index (Phi) is 6.49. The van der Waals surface area contributed by atoms with Crippen LogP contribution in [-0.2, 0) is 27.3 Å². The Morgan fingerprint density at radius 1 is 1.37 bits per heavy atom. The van der Waals surface area contributed by atoms with Gasteiger partial charge in [-0.2, -0.15) is 0 Å². The number of nitrogens with zero attached hydrogens (tertiary/aromatic N) is 1. The summed E-state index contributed by atoms with van der Waals surface area (Å²) in [6.07, 6.45) is 0.942. The van der Waals surface area contributed by atoms with Gasteiger partial charge in [0.05, 0.1) is 13.5 Å². The van der Waals surface area contributed by atoms with Gasteiger partial charge in [0, 0.05) is 29.5 Å². The maximum Gasteiger partial charge on any atom is 0.327 e. The van der Waals surface area contributed by atoms with Crippen LogP contribution in [0.25, 0.3) is 0 Å². The SMILES string of the molecule is COC(=O)[C@H](c1ccccc1Cl)N1CCc2sc(OC(=O)CCN)cc2C1. The van der Waals surface area contributed by atoms with Gasteiger partial charge in [-0.05, 0) is 29.7 Å². The molecule has 2 N–H and O–H groups in total. The van der Waals surface area contributed by atoms with Gasteiger partial charge < -0.3 is 15.2 Å². The quantitative estimate of drug-likeness (QED) is 0.740. The predicted molar refractivity (Wildman–Crippen MR) is 104 cm³/mol. The molecule has 3 rings (SSSR count). The number of esters is 2. The summed E-state index contributed by atoms with van der Waals surface area (Å²) in [5, 5.41) is 1.09. The molecule has 1 aliphatic rings. The van der Waals surface area contributed by atoms with E-state index in [-0.39, 0.29) is 24.9 Å². The Morgan fingerprint density at radius 2 is 2.15 bits per heavy atom. The molecule has 1 aromatic carbocycles. The molecule has 1 aromatic heterocycles. The zero-order chi connectivity index (χ0) is 19.4. The van der Waals surface area contributed by atoms with Gasteiger partial charge in [0.2, 0.25) is 0 Å². The first kappa shape index (κ1) is 19.8. The van der Waals surface area contributed by atoms with Crippen LogP contribution in [0.3, 0.4) is 0 Å². The maximum absolute atomic E-state index is 12.5. The Balaban J connectivity index is 1.82. The van der Waals surface area contributed by atoms with E-state index in [1.54, 1.807) is 6.07 Å². The number of fused-ring (bicyclic) bond motifs is 1. The lowest BCUT2D eigenvalue weighted by molar-refractivity contribution is -0.147. The molecular weight excluding hydrogens is 388 g/mol. The standard InChI is InChI=1S/C19H21ClN2O4S/c1-25-19(24)18(13-4-2-3-5-14(13)20)22-9-7-15-12(11-22)10-17(27-15)26-16(23)6-8-21/h2-5,10,18H,6-9,11,21H2,1H3/t18-/m0/s1. The Labute approximate surface area is 166 Å². The number of ether oxygens (including phenoxy) is 2. The van der Waals surface area contributed by atoms with Crippen molar-refractivity contribution in [1.29, 1.82) is 0 Å². The normalized spacial score (nSPS) is 15.1. The molecular formula is C19H21ClN2O4S. The van der Waals surface area contributed by atoms with Crippen molar-refractivity contribution in [3.05, 3.63) is 51.4 Å². The molecule has 0 bridgehead atoms. The molecule has 0 saturated heterocycles. The first-order chi connectivity index (χ1) is 13.0. The van der Waals surface area contributed by atoms with Crippen LogP contribution in [0.15, 0.2) is 30.3 Å². The molecule has 0 fully saturated rings. The minimum Gasteiger partial charge on any atom is -0.468 e. The molecule has 0 radical (unpaired) electrons. The molecule has 1 atom stereocenters. The molecule has 0 amide bonds. The summed E-state index contributed by atoms with van der Waals surface area (Å²) in [5.74, 6) is -0.687. The molecule has 0 aliphatic carbocycles. The highest BCUT2D eigenvalue weighted by atomic mass is 35.5. The number of methoxy groups -OCH3 is 1. The summed E-state index contributed by atoms with van der Waals surface area (Å²) < 4.78 is 10.4. The summed E-state index contributed by atoms with van der Waals surface area (Å²) in [5.41, 5.74) is 7.15. The second kappa shape index (κ2) is 8.84. The fourth-order valence-corrected chi connectivity index (χ4v) is 4.43. The number of carbonyl (C=O) groups excluding carboxylic acids is 2. The number of benzene rings is 1. The topological polar surface area (TPSA) is 81.9 Å². The predicted octanol–water partition coefficient (Wildman–Crippen LogP) is 2.93. The number of halogens is 1. The third-order valence-electron chi connectivity index (χ3n) is 4.43. The second-order valence-electron chi connectivity index (χ2n) is 6.19. The fourth-order valence-electron chi connectivity index (χ4n) is 3.16. The van der Waals surface area contributed by atoms with Crippen LogP contribution in [0.5, 0.6) is 5.06 Å². The lowest BCUT2D eigenvalue weighted by Gasteiger charge is -2.33. The largest absolute Gasteiger partial charge is 0.468 e. The van der Waals surface area contributed by atoms with Crippen molar-refractivity contribution < 1.29 is 19.1 Å². The van der Waals surface area contributed by atoms with Crippen LogP contribution in [0, 0.1) is 0 Å². The minimum atomic E-state index is -0.583. The lowest BCUT2D eigenvalue weighted by atomic mass is 10.0. The van der Waals surface area contributed by atoms with Crippen LogP contribution in [0.2, 0.25) is 5.02 Å². The van der Waals surface area contributed by atoms with Crippen molar-refractivity contribution >= 4 is 34.9 Å². The number of hydrogen-bond donors (Lipinski definition) is 1. The van der Waals surface area contributed by atoms with Crippen molar-refractivity contribution in [3.8, 4) is 5.06 Å². The van der Waals surface area contributed by atoms with Crippen LogP contribution in [0.1, 0.15) is 28.5 Å². The van der Waals surface area contributed by atoms with Crippen LogP contribution in [0.4, 0.5) is 0 Å². The summed E-state index contributed by atoms with van der Waals surface area (Å²) >= 11 is 7.79. The molecule has 0 unspecified atom stereocenters. The zero-order valence-corrected chi connectivity index (χ0v) is 16.5.